The second-order valence-corrected chi connectivity index (χ2v) is 8.55. The Morgan fingerprint density at radius 2 is 1.29 bits per heavy atom. The van der Waals surface area contributed by atoms with Crippen molar-refractivity contribution in [3.8, 4) is 0 Å². The summed E-state index contributed by atoms with van der Waals surface area (Å²) in [5, 5.41) is 17.4. The molecule has 0 bridgehead atoms. The third kappa shape index (κ3) is 7.75. The number of amides is 4. The predicted octanol–water partition coefficient (Wildman–Crippen LogP) is 3.78. The molecule has 178 valence electrons. The zero-order valence-electron chi connectivity index (χ0n) is 19.3. The van der Waals surface area contributed by atoms with Crippen molar-refractivity contribution in [1.82, 2.24) is 10.5 Å². The monoisotopic (exact) mass is 464 g/mol. The number of nitrogens with one attached hydrogen (secondary N) is 5. The number of aromatic nitrogens is 1. The van der Waals surface area contributed by atoms with Gasteiger partial charge in [-0.1, -0.05) is 44.1 Å². The van der Waals surface area contributed by atoms with E-state index < -0.39 is 6.03 Å². The Hall–Kier alpha value is -4.18. The Morgan fingerprint density at radius 1 is 0.765 bits per heavy atom. The van der Waals surface area contributed by atoms with E-state index in [4.69, 9.17) is 4.52 Å². The topological polar surface area (TPSA) is 137 Å². The lowest BCUT2D eigenvalue weighted by atomic mass is 9.93. The molecule has 0 saturated carbocycles. The molecular weight excluding hydrogens is 436 g/mol. The largest absolute Gasteiger partial charge is 0.359 e. The molecule has 0 spiro atoms. The van der Waals surface area contributed by atoms with Gasteiger partial charge < -0.3 is 20.5 Å². The minimum atomic E-state index is -0.469. The summed E-state index contributed by atoms with van der Waals surface area (Å²) in [7, 11) is 0. The summed E-state index contributed by atoms with van der Waals surface area (Å²) in [4.78, 5) is 36.2. The summed E-state index contributed by atoms with van der Waals surface area (Å²) in [6, 6.07) is 16.9. The van der Waals surface area contributed by atoms with Gasteiger partial charge >= 0.3 is 6.03 Å². The second kappa shape index (κ2) is 11.1. The average Bonchev–Trinajstić information content (AvgIpc) is 3.25. The van der Waals surface area contributed by atoms with Gasteiger partial charge in [0, 0.05) is 28.5 Å². The van der Waals surface area contributed by atoms with Gasteiger partial charge in [-0.15, -0.1) is 0 Å². The molecule has 0 saturated heterocycles. The first-order valence-corrected chi connectivity index (χ1v) is 10.7. The molecule has 0 atom stereocenters. The molecule has 1 aromatic heterocycles. The number of carbonyl (C=O) groups excluding carboxylic acids is 3. The van der Waals surface area contributed by atoms with E-state index in [9.17, 15) is 14.4 Å². The van der Waals surface area contributed by atoms with Crippen LogP contribution in [0.15, 0.2) is 65.2 Å². The summed E-state index contributed by atoms with van der Waals surface area (Å²) >= 11 is 0. The average molecular weight is 465 g/mol. The Kier molecular flexibility index (Phi) is 7.99. The zero-order chi connectivity index (χ0) is 24.6. The Balaban J connectivity index is 1.39. The van der Waals surface area contributed by atoms with E-state index in [1.807, 2.05) is 39.0 Å². The van der Waals surface area contributed by atoms with Crippen LogP contribution < -0.4 is 26.6 Å². The van der Waals surface area contributed by atoms with Crippen molar-refractivity contribution in [2.24, 2.45) is 0 Å². The third-order valence-corrected chi connectivity index (χ3v) is 4.55. The highest BCUT2D eigenvalue weighted by Crippen LogP contribution is 2.24. The van der Waals surface area contributed by atoms with Gasteiger partial charge in [0.05, 0.1) is 13.1 Å². The highest BCUT2D eigenvalue weighted by atomic mass is 16.5. The first kappa shape index (κ1) is 24.5. The van der Waals surface area contributed by atoms with Crippen LogP contribution in [-0.4, -0.2) is 36.1 Å². The van der Waals surface area contributed by atoms with Crippen LogP contribution in [0.5, 0.6) is 0 Å². The summed E-state index contributed by atoms with van der Waals surface area (Å²) in [5.41, 5.74) is 1.56. The maximum absolute atomic E-state index is 12.2. The number of nitrogens with zero attached hydrogens (tertiary/aromatic N) is 1. The van der Waals surface area contributed by atoms with E-state index in [-0.39, 0.29) is 30.3 Å². The predicted molar refractivity (Wildman–Crippen MR) is 131 cm³/mol. The van der Waals surface area contributed by atoms with Crippen LogP contribution in [0.2, 0.25) is 0 Å². The fourth-order valence-electron chi connectivity index (χ4n) is 2.82. The maximum Gasteiger partial charge on any atom is 0.324 e. The van der Waals surface area contributed by atoms with Crippen LogP contribution in [0.4, 0.5) is 27.7 Å². The first-order valence-electron chi connectivity index (χ1n) is 10.7. The lowest BCUT2D eigenvalue weighted by molar-refractivity contribution is -0.116. The van der Waals surface area contributed by atoms with Gasteiger partial charge in [-0.3, -0.25) is 20.2 Å². The standard InChI is InChI=1S/C24H28N6O4/c1-24(2,3)19-13-20(30-34-19)29-23(33)28-18-11-9-17(10-12-18)27-22(32)15-25-14-21(31)26-16-7-5-4-6-8-16/h4-13,25H,14-15H2,1-3H3,(H,26,31)(H,27,32)(H2,28,29,30,33). The van der Waals surface area contributed by atoms with E-state index in [1.54, 1.807) is 42.5 Å². The molecule has 3 rings (SSSR count). The molecule has 1 heterocycles. The third-order valence-electron chi connectivity index (χ3n) is 4.55. The van der Waals surface area contributed by atoms with Crippen molar-refractivity contribution in [3.63, 3.8) is 0 Å². The molecule has 0 aliphatic rings. The quantitative estimate of drug-likeness (QED) is 0.344. The fourth-order valence-corrected chi connectivity index (χ4v) is 2.82. The van der Waals surface area contributed by atoms with E-state index in [2.05, 4.69) is 31.7 Å². The number of rotatable bonds is 8. The lowest BCUT2D eigenvalue weighted by Crippen LogP contribution is -2.34. The van der Waals surface area contributed by atoms with Crippen LogP contribution in [-0.2, 0) is 15.0 Å². The van der Waals surface area contributed by atoms with Crippen molar-refractivity contribution in [1.29, 1.82) is 0 Å². The number of para-hydroxylation sites is 1. The normalized spacial score (nSPS) is 10.9. The molecule has 10 nitrogen and oxygen atoms in total. The van der Waals surface area contributed by atoms with Gasteiger partial charge in [0.15, 0.2) is 5.82 Å². The summed E-state index contributed by atoms with van der Waals surface area (Å²) in [6.07, 6.45) is 0. The Morgan fingerprint density at radius 3 is 1.82 bits per heavy atom. The number of hydrogen-bond acceptors (Lipinski definition) is 6. The second-order valence-electron chi connectivity index (χ2n) is 8.55. The fraction of sp³-hybridized carbons (Fsp3) is 0.250. The molecule has 4 amide bonds. The van der Waals surface area contributed by atoms with Crippen LogP contribution in [0.3, 0.4) is 0 Å². The number of anilines is 4. The minimum absolute atomic E-state index is 0.00303. The molecule has 5 N–H and O–H groups in total. The van der Waals surface area contributed by atoms with E-state index in [1.165, 1.54) is 0 Å². The van der Waals surface area contributed by atoms with E-state index in [0.29, 0.717) is 28.6 Å². The van der Waals surface area contributed by atoms with Crippen molar-refractivity contribution >= 4 is 40.7 Å². The van der Waals surface area contributed by atoms with Crippen LogP contribution >= 0.6 is 0 Å². The Labute approximate surface area is 197 Å². The minimum Gasteiger partial charge on any atom is -0.359 e. The van der Waals surface area contributed by atoms with Gasteiger partial charge in [-0.2, -0.15) is 0 Å². The van der Waals surface area contributed by atoms with Crippen LogP contribution in [0, 0.1) is 0 Å². The Bertz CT molecular complexity index is 1120. The maximum atomic E-state index is 12.2. The number of urea groups is 1. The van der Waals surface area contributed by atoms with Crippen molar-refractivity contribution in [3.05, 3.63) is 66.4 Å². The molecule has 0 radical (unpaired) electrons. The molecule has 2 aromatic carbocycles. The van der Waals surface area contributed by atoms with E-state index in [0.717, 1.165) is 0 Å². The van der Waals surface area contributed by atoms with Crippen molar-refractivity contribution < 1.29 is 18.9 Å². The van der Waals surface area contributed by atoms with Crippen molar-refractivity contribution in [2.75, 3.05) is 34.4 Å². The highest BCUT2D eigenvalue weighted by Gasteiger charge is 2.20. The van der Waals surface area contributed by atoms with Crippen LogP contribution in [0.1, 0.15) is 26.5 Å². The van der Waals surface area contributed by atoms with Gasteiger partial charge in [0.25, 0.3) is 0 Å². The molecule has 3 aromatic rings. The zero-order valence-corrected chi connectivity index (χ0v) is 19.3. The molecule has 0 fully saturated rings. The molecule has 0 aliphatic heterocycles. The van der Waals surface area contributed by atoms with E-state index >= 15 is 0 Å². The highest BCUT2D eigenvalue weighted by molar-refractivity contribution is 5.99. The van der Waals surface area contributed by atoms with Crippen LogP contribution in [0.25, 0.3) is 0 Å². The molecular formula is C24H28N6O4. The summed E-state index contributed by atoms with van der Waals surface area (Å²) in [6.45, 7) is 5.92. The van der Waals surface area contributed by atoms with Gasteiger partial charge in [0.1, 0.15) is 5.76 Å². The summed E-state index contributed by atoms with van der Waals surface area (Å²) < 4.78 is 5.24. The lowest BCUT2D eigenvalue weighted by Gasteiger charge is -2.12. The molecule has 10 heteroatoms. The van der Waals surface area contributed by atoms with Gasteiger partial charge in [0.2, 0.25) is 11.8 Å². The van der Waals surface area contributed by atoms with Gasteiger partial charge in [-0.05, 0) is 36.4 Å². The molecule has 34 heavy (non-hydrogen) atoms. The van der Waals surface area contributed by atoms with Crippen molar-refractivity contribution in [2.45, 2.75) is 26.2 Å². The molecule has 0 aliphatic carbocycles. The smallest absolute Gasteiger partial charge is 0.324 e. The summed E-state index contributed by atoms with van der Waals surface area (Å²) in [5.74, 6) is 0.435. The first-order chi connectivity index (χ1) is 16.2. The molecule has 0 unspecified atom stereocenters. The SMILES string of the molecule is CC(C)(C)c1cc(NC(=O)Nc2ccc(NC(=O)CNCC(=O)Nc3ccccc3)cc2)no1. The number of carbonyl (C=O) groups is 3. The number of hydrogen-bond donors (Lipinski definition) is 5. The number of benzene rings is 2. The van der Waals surface area contributed by atoms with Gasteiger partial charge in [-0.25, -0.2) is 4.79 Å².